The van der Waals surface area contributed by atoms with Gasteiger partial charge in [0.2, 0.25) is 0 Å². The third-order valence-corrected chi connectivity index (χ3v) is 3.01. The van der Waals surface area contributed by atoms with Crippen LogP contribution >= 0.6 is 0 Å². The van der Waals surface area contributed by atoms with Crippen LogP contribution in [-0.4, -0.2) is 5.11 Å². The SMILES string of the molecule is CCCC(C)(C)c1c(C)cc(C)cc1O. The highest BCUT2D eigenvalue weighted by Crippen LogP contribution is 2.37. The molecule has 0 saturated heterocycles. The zero-order valence-corrected chi connectivity index (χ0v) is 10.5. The molecule has 1 aromatic carbocycles. The Morgan fingerprint density at radius 2 is 1.80 bits per heavy atom. The third-order valence-electron chi connectivity index (χ3n) is 3.01. The van der Waals surface area contributed by atoms with Gasteiger partial charge in [0.1, 0.15) is 5.75 Å². The fourth-order valence-corrected chi connectivity index (χ4v) is 2.58. The molecule has 0 radical (unpaired) electrons. The Morgan fingerprint density at radius 3 is 2.27 bits per heavy atom. The molecule has 0 unspecified atom stereocenters. The van der Waals surface area contributed by atoms with Crippen LogP contribution in [0, 0.1) is 13.8 Å². The number of rotatable bonds is 3. The highest BCUT2D eigenvalue weighted by atomic mass is 16.3. The van der Waals surface area contributed by atoms with Gasteiger partial charge in [-0.25, -0.2) is 0 Å². The topological polar surface area (TPSA) is 20.2 Å². The maximum atomic E-state index is 10.0. The predicted molar refractivity (Wildman–Crippen MR) is 65.5 cm³/mol. The zero-order valence-electron chi connectivity index (χ0n) is 10.5. The molecular weight excluding hydrogens is 184 g/mol. The van der Waals surface area contributed by atoms with Gasteiger partial charge in [-0.3, -0.25) is 0 Å². The molecule has 1 N–H and O–H groups in total. The van der Waals surface area contributed by atoms with Crippen molar-refractivity contribution in [2.75, 3.05) is 0 Å². The lowest BCUT2D eigenvalue weighted by molar-refractivity contribution is 0.415. The first-order valence-electron chi connectivity index (χ1n) is 5.69. The molecule has 0 aliphatic heterocycles. The van der Waals surface area contributed by atoms with E-state index in [1.807, 2.05) is 13.0 Å². The number of phenolic OH excluding ortho intramolecular Hbond substituents is 1. The molecule has 1 aromatic rings. The van der Waals surface area contributed by atoms with Crippen molar-refractivity contribution >= 4 is 0 Å². The first kappa shape index (κ1) is 12.1. The second-order valence-electron chi connectivity index (χ2n) is 5.11. The first-order chi connectivity index (χ1) is 6.88. The van der Waals surface area contributed by atoms with Gasteiger partial charge >= 0.3 is 0 Å². The minimum Gasteiger partial charge on any atom is -0.508 e. The summed E-state index contributed by atoms with van der Waals surface area (Å²) in [6, 6.07) is 4.01. The van der Waals surface area contributed by atoms with Crippen molar-refractivity contribution in [3.8, 4) is 5.75 Å². The van der Waals surface area contributed by atoms with Crippen LogP contribution in [0.15, 0.2) is 12.1 Å². The van der Waals surface area contributed by atoms with E-state index in [0.717, 1.165) is 24.0 Å². The van der Waals surface area contributed by atoms with Crippen LogP contribution < -0.4 is 0 Å². The van der Waals surface area contributed by atoms with Crippen LogP contribution in [0.25, 0.3) is 0 Å². The van der Waals surface area contributed by atoms with Crippen molar-refractivity contribution in [2.24, 2.45) is 0 Å². The number of hydrogen-bond acceptors (Lipinski definition) is 1. The van der Waals surface area contributed by atoms with Crippen LogP contribution in [0.5, 0.6) is 5.75 Å². The molecule has 1 heteroatoms. The van der Waals surface area contributed by atoms with Gasteiger partial charge in [-0.1, -0.05) is 33.3 Å². The van der Waals surface area contributed by atoms with Crippen molar-refractivity contribution in [1.82, 2.24) is 0 Å². The number of phenols is 1. The van der Waals surface area contributed by atoms with E-state index in [9.17, 15) is 5.11 Å². The number of aromatic hydroxyl groups is 1. The second kappa shape index (κ2) is 4.26. The van der Waals surface area contributed by atoms with Crippen LogP contribution in [0.3, 0.4) is 0 Å². The van der Waals surface area contributed by atoms with E-state index < -0.39 is 0 Å². The number of benzene rings is 1. The lowest BCUT2D eigenvalue weighted by Gasteiger charge is -2.27. The lowest BCUT2D eigenvalue weighted by Crippen LogP contribution is -2.18. The van der Waals surface area contributed by atoms with Crippen molar-refractivity contribution in [1.29, 1.82) is 0 Å². The normalized spacial score (nSPS) is 11.8. The Kier molecular flexibility index (Phi) is 3.43. The fourth-order valence-electron chi connectivity index (χ4n) is 2.58. The van der Waals surface area contributed by atoms with Gasteiger partial charge in [-0.15, -0.1) is 0 Å². The Labute approximate surface area is 93.1 Å². The third kappa shape index (κ3) is 2.53. The Balaban J connectivity index is 3.24. The molecule has 0 amide bonds. The molecule has 84 valence electrons. The molecule has 0 aliphatic carbocycles. The van der Waals surface area contributed by atoms with Crippen LogP contribution in [0.4, 0.5) is 0 Å². The molecule has 1 nitrogen and oxygen atoms in total. The van der Waals surface area contributed by atoms with Gasteiger partial charge in [-0.05, 0) is 42.9 Å². The van der Waals surface area contributed by atoms with Gasteiger partial charge in [0, 0.05) is 5.56 Å². The average molecular weight is 206 g/mol. The van der Waals surface area contributed by atoms with Crippen molar-refractivity contribution < 1.29 is 5.11 Å². The molecule has 0 aliphatic rings. The van der Waals surface area contributed by atoms with E-state index in [-0.39, 0.29) is 5.41 Å². The van der Waals surface area contributed by atoms with E-state index in [0.29, 0.717) is 5.75 Å². The monoisotopic (exact) mass is 206 g/mol. The predicted octanol–water partition coefficient (Wildman–Crippen LogP) is 4.09. The van der Waals surface area contributed by atoms with Gasteiger partial charge in [0.15, 0.2) is 0 Å². The van der Waals surface area contributed by atoms with E-state index in [4.69, 9.17) is 0 Å². The molecule has 0 aromatic heterocycles. The standard InChI is InChI=1S/C14H22O/c1-6-7-14(4,5)13-11(3)8-10(2)9-12(13)15/h8-9,15H,6-7H2,1-5H3. The second-order valence-corrected chi connectivity index (χ2v) is 5.11. The molecule has 0 heterocycles. The van der Waals surface area contributed by atoms with Crippen LogP contribution in [0.2, 0.25) is 0 Å². The summed E-state index contributed by atoms with van der Waals surface area (Å²) in [6.45, 7) is 10.7. The van der Waals surface area contributed by atoms with Crippen molar-refractivity contribution in [3.63, 3.8) is 0 Å². The van der Waals surface area contributed by atoms with E-state index in [1.165, 1.54) is 5.56 Å². The minimum atomic E-state index is 0.0661. The Morgan fingerprint density at radius 1 is 1.20 bits per heavy atom. The van der Waals surface area contributed by atoms with Gasteiger partial charge < -0.3 is 5.11 Å². The summed E-state index contributed by atoms with van der Waals surface area (Å²) in [7, 11) is 0. The fraction of sp³-hybridized carbons (Fsp3) is 0.571. The van der Waals surface area contributed by atoms with Gasteiger partial charge in [-0.2, -0.15) is 0 Å². The molecular formula is C14H22O. The van der Waals surface area contributed by atoms with E-state index in [2.05, 4.69) is 33.8 Å². The quantitative estimate of drug-likeness (QED) is 0.789. The average Bonchev–Trinajstić information content (AvgIpc) is 1.99. The highest BCUT2D eigenvalue weighted by molar-refractivity contribution is 5.46. The molecule has 1 rings (SSSR count). The summed E-state index contributed by atoms with van der Waals surface area (Å²) in [4.78, 5) is 0. The van der Waals surface area contributed by atoms with Crippen molar-refractivity contribution in [3.05, 3.63) is 28.8 Å². The summed E-state index contributed by atoms with van der Waals surface area (Å²) in [5.74, 6) is 0.450. The maximum absolute atomic E-state index is 10.0. The summed E-state index contributed by atoms with van der Waals surface area (Å²) in [6.07, 6.45) is 2.24. The number of hydrogen-bond donors (Lipinski definition) is 1. The van der Waals surface area contributed by atoms with E-state index in [1.54, 1.807) is 0 Å². The molecule has 0 fully saturated rings. The smallest absolute Gasteiger partial charge is 0.119 e. The van der Waals surface area contributed by atoms with Gasteiger partial charge in [0.25, 0.3) is 0 Å². The largest absolute Gasteiger partial charge is 0.508 e. The Bertz CT molecular complexity index is 327. The summed E-state index contributed by atoms with van der Waals surface area (Å²) in [5, 5.41) is 10.0. The van der Waals surface area contributed by atoms with Gasteiger partial charge in [0.05, 0.1) is 0 Å². The first-order valence-corrected chi connectivity index (χ1v) is 5.69. The highest BCUT2D eigenvalue weighted by Gasteiger charge is 2.24. The zero-order chi connectivity index (χ0) is 11.6. The maximum Gasteiger partial charge on any atom is 0.119 e. The summed E-state index contributed by atoms with van der Waals surface area (Å²) in [5.41, 5.74) is 3.50. The molecule has 0 saturated carbocycles. The molecule has 0 spiro atoms. The van der Waals surface area contributed by atoms with E-state index >= 15 is 0 Å². The van der Waals surface area contributed by atoms with Crippen LogP contribution in [0.1, 0.15) is 50.3 Å². The van der Waals surface area contributed by atoms with Crippen LogP contribution in [-0.2, 0) is 5.41 Å². The molecule has 0 bridgehead atoms. The Hall–Kier alpha value is -0.980. The number of aryl methyl sites for hydroxylation is 2. The van der Waals surface area contributed by atoms with Crippen molar-refractivity contribution in [2.45, 2.75) is 52.9 Å². The minimum absolute atomic E-state index is 0.0661. The molecule has 15 heavy (non-hydrogen) atoms. The summed E-state index contributed by atoms with van der Waals surface area (Å²) >= 11 is 0. The summed E-state index contributed by atoms with van der Waals surface area (Å²) < 4.78 is 0. The lowest BCUT2D eigenvalue weighted by atomic mass is 9.77. The molecule has 0 atom stereocenters.